The third-order valence-electron chi connectivity index (χ3n) is 5.07. The van der Waals surface area contributed by atoms with Crippen LogP contribution in [-0.4, -0.2) is 54.7 Å². The molecule has 2 aromatic rings. The average Bonchev–Trinajstić information content (AvgIpc) is 2.71. The van der Waals surface area contributed by atoms with Crippen molar-refractivity contribution in [3.8, 4) is 0 Å². The van der Waals surface area contributed by atoms with Crippen LogP contribution in [0.1, 0.15) is 28.4 Å². The van der Waals surface area contributed by atoms with E-state index in [0.717, 1.165) is 54.5 Å². The van der Waals surface area contributed by atoms with Crippen molar-refractivity contribution >= 4 is 40.9 Å². The average molecular weight is 452 g/mol. The highest BCUT2D eigenvalue weighted by molar-refractivity contribution is 7.99. The van der Waals surface area contributed by atoms with Crippen molar-refractivity contribution in [2.75, 3.05) is 39.0 Å². The van der Waals surface area contributed by atoms with Crippen LogP contribution in [0.3, 0.4) is 0 Å². The summed E-state index contributed by atoms with van der Waals surface area (Å²) in [6.07, 6.45) is 0. The molecule has 0 aliphatic carbocycles. The number of hydrogen-bond acceptors (Lipinski definition) is 4. The molecule has 0 aromatic heterocycles. The van der Waals surface area contributed by atoms with Gasteiger partial charge in [-0.2, -0.15) is 0 Å². The maximum atomic E-state index is 12.6. The molecule has 0 radical (unpaired) electrons. The number of halogens is 2. The molecule has 4 nitrogen and oxygen atoms in total. The quantitative estimate of drug-likeness (QED) is 0.614. The Bertz CT molecular complexity index is 854. The third kappa shape index (κ3) is 6.37. The Morgan fingerprint density at radius 2 is 1.83 bits per heavy atom. The summed E-state index contributed by atoms with van der Waals surface area (Å²) in [7, 11) is 2.14. The highest BCUT2D eigenvalue weighted by Gasteiger charge is 2.16. The second-order valence-electron chi connectivity index (χ2n) is 7.25. The third-order valence-corrected chi connectivity index (χ3v) is 6.65. The van der Waals surface area contributed by atoms with Gasteiger partial charge in [0.1, 0.15) is 0 Å². The predicted octanol–water partition coefficient (Wildman–Crippen LogP) is 4.78. The van der Waals surface area contributed by atoms with Gasteiger partial charge in [-0.15, -0.1) is 11.8 Å². The van der Waals surface area contributed by atoms with Gasteiger partial charge in [0.05, 0.1) is 0 Å². The zero-order valence-corrected chi connectivity index (χ0v) is 19.2. The van der Waals surface area contributed by atoms with Crippen molar-refractivity contribution in [2.24, 2.45) is 0 Å². The molecule has 0 spiro atoms. The summed E-state index contributed by atoms with van der Waals surface area (Å²) in [5.41, 5.74) is 2.66. The van der Waals surface area contributed by atoms with Crippen LogP contribution in [0.15, 0.2) is 41.3 Å². The van der Waals surface area contributed by atoms with Crippen molar-refractivity contribution in [3.63, 3.8) is 0 Å². The van der Waals surface area contributed by atoms with E-state index in [2.05, 4.69) is 29.1 Å². The first-order valence-electron chi connectivity index (χ1n) is 9.85. The molecule has 1 aliphatic heterocycles. The van der Waals surface area contributed by atoms with Crippen LogP contribution >= 0.6 is 35.0 Å². The number of rotatable bonds is 7. The molecule has 1 N–H and O–H groups in total. The molecule has 156 valence electrons. The molecule has 29 heavy (non-hydrogen) atoms. The van der Waals surface area contributed by atoms with Crippen molar-refractivity contribution in [2.45, 2.75) is 24.9 Å². The molecular formula is C22H27Cl2N3OS. The number of piperazine rings is 1. The van der Waals surface area contributed by atoms with Gasteiger partial charge in [0.15, 0.2) is 0 Å². The van der Waals surface area contributed by atoms with Crippen molar-refractivity contribution in [1.82, 2.24) is 15.1 Å². The molecule has 2 aromatic carbocycles. The first kappa shape index (κ1) is 22.4. The fraction of sp³-hybridized carbons (Fsp3) is 0.409. The SMILES string of the molecule is CCSc1ccc(Cl)cc1CNC(=O)c1ccc(CN2CCN(C)CC2)c(Cl)c1. The van der Waals surface area contributed by atoms with Crippen LogP contribution in [0, 0.1) is 0 Å². The van der Waals surface area contributed by atoms with Gasteiger partial charge < -0.3 is 10.2 Å². The Morgan fingerprint density at radius 1 is 1.07 bits per heavy atom. The zero-order valence-electron chi connectivity index (χ0n) is 16.9. The number of carbonyl (C=O) groups excluding carboxylic acids is 1. The van der Waals surface area contributed by atoms with E-state index in [1.807, 2.05) is 30.3 Å². The van der Waals surface area contributed by atoms with Crippen LogP contribution in [0.25, 0.3) is 0 Å². The molecule has 1 aliphatic rings. The summed E-state index contributed by atoms with van der Waals surface area (Å²) in [6, 6.07) is 11.4. The van der Waals surface area contributed by atoms with Gasteiger partial charge >= 0.3 is 0 Å². The number of thioether (sulfide) groups is 1. The first-order valence-corrected chi connectivity index (χ1v) is 11.6. The number of benzene rings is 2. The molecule has 1 fully saturated rings. The fourth-order valence-electron chi connectivity index (χ4n) is 3.32. The molecule has 3 rings (SSSR count). The van der Waals surface area contributed by atoms with E-state index in [4.69, 9.17) is 23.2 Å². The lowest BCUT2D eigenvalue weighted by atomic mass is 10.1. The molecule has 1 amide bonds. The van der Waals surface area contributed by atoms with Crippen LogP contribution in [-0.2, 0) is 13.1 Å². The minimum atomic E-state index is -0.134. The van der Waals surface area contributed by atoms with E-state index in [1.165, 1.54) is 0 Å². The smallest absolute Gasteiger partial charge is 0.251 e. The largest absolute Gasteiger partial charge is 0.348 e. The lowest BCUT2D eigenvalue weighted by molar-refractivity contribution is 0.0950. The van der Waals surface area contributed by atoms with Gasteiger partial charge in [-0.1, -0.05) is 36.2 Å². The van der Waals surface area contributed by atoms with Crippen LogP contribution in [0.4, 0.5) is 0 Å². The van der Waals surface area contributed by atoms with E-state index < -0.39 is 0 Å². The fourth-order valence-corrected chi connectivity index (χ4v) is 4.55. The topological polar surface area (TPSA) is 35.6 Å². The monoisotopic (exact) mass is 451 g/mol. The molecular weight excluding hydrogens is 425 g/mol. The van der Waals surface area contributed by atoms with Gasteiger partial charge in [0.25, 0.3) is 5.91 Å². The lowest BCUT2D eigenvalue weighted by Gasteiger charge is -2.32. The second-order valence-corrected chi connectivity index (χ2v) is 9.40. The molecule has 1 saturated heterocycles. The minimum absolute atomic E-state index is 0.134. The summed E-state index contributed by atoms with van der Waals surface area (Å²) in [5, 5.41) is 4.30. The number of amides is 1. The van der Waals surface area contributed by atoms with Crippen LogP contribution in [0.2, 0.25) is 10.0 Å². The lowest BCUT2D eigenvalue weighted by Crippen LogP contribution is -2.43. The van der Waals surface area contributed by atoms with Gasteiger partial charge in [-0.05, 0) is 54.3 Å². The Labute approximate surface area is 187 Å². The molecule has 7 heteroatoms. The Kier molecular flexibility index (Phi) is 8.27. The first-order chi connectivity index (χ1) is 14.0. The summed E-state index contributed by atoms with van der Waals surface area (Å²) >= 11 is 14.4. The van der Waals surface area contributed by atoms with E-state index >= 15 is 0 Å². The number of likely N-dealkylation sites (N-methyl/N-ethyl adjacent to an activating group) is 1. The second kappa shape index (κ2) is 10.7. The maximum Gasteiger partial charge on any atom is 0.251 e. The van der Waals surface area contributed by atoms with Crippen LogP contribution < -0.4 is 5.32 Å². The standard InChI is InChI=1S/C22H27Cl2N3OS/c1-3-29-21-7-6-19(23)12-18(21)14-25-22(28)16-4-5-17(20(24)13-16)15-27-10-8-26(2)9-11-27/h4-7,12-13H,3,8-11,14-15H2,1-2H3,(H,25,28). The zero-order chi connectivity index (χ0) is 20.8. The summed E-state index contributed by atoms with van der Waals surface area (Å²) in [6.45, 7) is 7.56. The molecule has 0 saturated carbocycles. The van der Waals surface area contributed by atoms with Gasteiger partial charge in [-0.3, -0.25) is 9.69 Å². The Hall–Kier alpha value is -1.24. The van der Waals surface area contributed by atoms with Gasteiger partial charge in [-0.25, -0.2) is 0 Å². The van der Waals surface area contributed by atoms with Gasteiger partial charge in [0.2, 0.25) is 0 Å². The molecule has 0 atom stereocenters. The van der Waals surface area contributed by atoms with E-state index in [0.29, 0.717) is 22.2 Å². The number of hydrogen-bond donors (Lipinski definition) is 1. The number of nitrogens with one attached hydrogen (secondary N) is 1. The number of carbonyl (C=O) groups is 1. The highest BCUT2D eigenvalue weighted by atomic mass is 35.5. The summed E-state index contributed by atoms with van der Waals surface area (Å²) in [5.74, 6) is 0.831. The Balaban J connectivity index is 1.61. The minimum Gasteiger partial charge on any atom is -0.348 e. The van der Waals surface area contributed by atoms with Crippen molar-refractivity contribution in [3.05, 3.63) is 63.1 Å². The Morgan fingerprint density at radius 3 is 2.52 bits per heavy atom. The normalized spacial score (nSPS) is 15.4. The highest BCUT2D eigenvalue weighted by Crippen LogP contribution is 2.26. The summed E-state index contributed by atoms with van der Waals surface area (Å²) < 4.78 is 0. The van der Waals surface area contributed by atoms with Gasteiger partial charge in [0, 0.05) is 59.8 Å². The van der Waals surface area contributed by atoms with E-state index in [1.54, 1.807) is 17.8 Å². The number of nitrogens with zero attached hydrogens (tertiary/aromatic N) is 2. The van der Waals surface area contributed by atoms with Crippen molar-refractivity contribution in [1.29, 1.82) is 0 Å². The maximum absolute atomic E-state index is 12.6. The summed E-state index contributed by atoms with van der Waals surface area (Å²) in [4.78, 5) is 18.5. The van der Waals surface area contributed by atoms with E-state index in [9.17, 15) is 4.79 Å². The van der Waals surface area contributed by atoms with Crippen molar-refractivity contribution < 1.29 is 4.79 Å². The molecule has 1 heterocycles. The van der Waals surface area contributed by atoms with Crippen LogP contribution in [0.5, 0.6) is 0 Å². The van der Waals surface area contributed by atoms with E-state index in [-0.39, 0.29) is 5.91 Å². The molecule has 0 bridgehead atoms. The predicted molar refractivity (Wildman–Crippen MR) is 123 cm³/mol. The molecule has 0 unspecified atom stereocenters.